The van der Waals surface area contributed by atoms with Gasteiger partial charge in [-0.15, -0.1) is 0 Å². The molecule has 2 aliphatic carbocycles. The van der Waals surface area contributed by atoms with Crippen LogP contribution in [0.1, 0.15) is 0 Å². The number of rotatable bonds is 1. The molecule has 0 aliphatic heterocycles. The van der Waals surface area contributed by atoms with E-state index >= 15 is 0 Å². The van der Waals surface area contributed by atoms with Crippen molar-refractivity contribution in [3.63, 3.8) is 0 Å². The van der Waals surface area contributed by atoms with E-state index in [1.54, 1.807) is 13.1 Å². The lowest BCUT2D eigenvalue weighted by Crippen LogP contribution is -2.22. The maximum Gasteiger partial charge on any atom is 0.224 e. The molecule has 0 saturated heterocycles. The second-order valence-electron chi connectivity index (χ2n) is 3.00. The summed E-state index contributed by atoms with van der Waals surface area (Å²) in [7, 11) is 1.60. The molecule has 3 heteroatoms. The number of carbonyl (C=O) groups excluding carboxylic acids is 2. The minimum Gasteiger partial charge on any atom is -0.359 e. The van der Waals surface area contributed by atoms with E-state index in [1.807, 2.05) is 6.08 Å². The summed E-state index contributed by atoms with van der Waals surface area (Å²) in [6.45, 7) is 0. The monoisotopic (exact) mass is 151 g/mol. The van der Waals surface area contributed by atoms with E-state index < -0.39 is 0 Å². The van der Waals surface area contributed by atoms with Gasteiger partial charge in [0, 0.05) is 18.9 Å². The van der Waals surface area contributed by atoms with Gasteiger partial charge in [-0.1, -0.05) is 6.08 Å². The molecule has 2 rings (SSSR count). The first kappa shape index (κ1) is 6.58. The molecule has 11 heavy (non-hydrogen) atoms. The van der Waals surface area contributed by atoms with Crippen LogP contribution in [0.25, 0.3) is 0 Å². The van der Waals surface area contributed by atoms with Crippen molar-refractivity contribution in [2.24, 2.45) is 17.8 Å². The van der Waals surface area contributed by atoms with Crippen LogP contribution < -0.4 is 5.32 Å². The fourth-order valence-electron chi connectivity index (χ4n) is 1.76. The highest BCUT2D eigenvalue weighted by Crippen LogP contribution is 2.51. The van der Waals surface area contributed by atoms with Gasteiger partial charge in [0.25, 0.3) is 0 Å². The molecule has 1 N–H and O–H groups in total. The van der Waals surface area contributed by atoms with Crippen LogP contribution >= 0.6 is 0 Å². The number of ketones is 1. The summed E-state index contributed by atoms with van der Waals surface area (Å²) in [6.07, 6.45) is 3.42. The fraction of sp³-hybridized carbons (Fsp3) is 0.500. The van der Waals surface area contributed by atoms with Crippen molar-refractivity contribution in [2.45, 2.75) is 0 Å². The van der Waals surface area contributed by atoms with Crippen molar-refractivity contribution >= 4 is 11.7 Å². The first-order chi connectivity index (χ1) is 5.25. The summed E-state index contributed by atoms with van der Waals surface area (Å²) in [5.41, 5.74) is 0. The van der Waals surface area contributed by atoms with E-state index in [4.69, 9.17) is 0 Å². The number of allylic oxidation sites excluding steroid dienone is 2. The highest BCUT2D eigenvalue weighted by Gasteiger charge is 2.58. The molecule has 0 radical (unpaired) electrons. The Hall–Kier alpha value is -1.12. The van der Waals surface area contributed by atoms with Crippen LogP contribution in [0.2, 0.25) is 0 Å². The van der Waals surface area contributed by atoms with E-state index in [0.29, 0.717) is 0 Å². The summed E-state index contributed by atoms with van der Waals surface area (Å²) < 4.78 is 0. The number of carbonyl (C=O) groups is 2. The average Bonchev–Trinajstić information content (AvgIpc) is 2.63. The van der Waals surface area contributed by atoms with Gasteiger partial charge in [-0.05, 0) is 6.08 Å². The molecular formula is C8H9NO2. The zero-order valence-electron chi connectivity index (χ0n) is 6.20. The van der Waals surface area contributed by atoms with Crippen molar-refractivity contribution in [1.82, 2.24) is 5.32 Å². The normalized spacial score (nSPS) is 38.6. The molecular weight excluding hydrogens is 142 g/mol. The van der Waals surface area contributed by atoms with Crippen LogP contribution in [0.3, 0.4) is 0 Å². The minimum atomic E-state index is -0.0579. The van der Waals surface area contributed by atoms with Crippen molar-refractivity contribution in [3.05, 3.63) is 12.2 Å². The molecule has 1 amide bonds. The predicted octanol–water partition coefficient (Wildman–Crippen LogP) is -0.267. The summed E-state index contributed by atoms with van der Waals surface area (Å²) in [5, 5.41) is 2.55. The molecule has 1 fully saturated rings. The summed E-state index contributed by atoms with van der Waals surface area (Å²) in [4.78, 5) is 22.0. The Labute approximate surface area is 64.5 Å². The van der Waals surface area contributed by atoms with Crippen molar-refractivity contribution in [1.29, 1.82) is 0 Å². The van der Waals surface area contributed by atoms with Crippen LogP contribution in [0.5, 0.6) is 0 Å². The van der Waals surface area contributed by atoms with Crippen molar-refractivity contribution < 1.29 is 9.59 Å². The van der Waals surface area contributed by atoms with E-state index in [-0.39, 0.29) is 29.4 Å². The molecule has 0 bridgehead atoms. The van der Waals surface area contributed by atoms with Crippen LogP contribution in [0.15, 0.2) is 12.2 Å². The quantitative estimate of drug-likeness (QED) is 0.561. The summed E-state index contributed by atoms with van der Waals surface area (Å²) >= 11 is 0. The standard InChI is InChI=1S/C8H9NO2/c1-9-8(11)7-4-2-3-5(10)6(4)7/h2-4,6-7H,1H3,(H,9,11). The van der Waals surface area contributed by atoms with Gasteiger partial charge in [0.05, 0.1) is 5.92 Å². The summed E-state index contributed by atoms with van der Waals surface area (Å²) in [5.74, 6) is 0.246. The third kappa shape index (κ3) is 0.737. The lowest BCUT2D eigenvalue weighted by molar-refractivity contribution is -0.124. The van der Waals surface area contributed by atoms with Gasteiger partial charge >= 0.3 is 0 Å². The van der Waals surface area contributed by atoms with E-state index in [2.05, 4.69) is 5.32 Å². The molecule has 0 aromatic heterocycles. The lowest BCUT2D eigenvalue weighted by Gasteiger charge is -1.96. The van der Waals surface area contributed by atoms with Crippen molar-refractivity contribution in [2.75, 3.05) is 7.05 Å². The molecule has 0 spiro atoms. The van der Waals surface area contributed by atoms with Gasteiger partial charge in [-0.2, -0.15) is 0 Å². The van der Waals surface area contributed by atoms with Gasteiger partial charge in [0.1, 0.15) is 0 Å². The molecule has 2 aliphatic rings. The Balaban J connectivity index is 2.10. The Morgan fingerprint density at radius 3 is 2.82 bits per heavy atom. The Kier molecular flexibility index (Phi) is 1.16. The van der Waals surface area contributed by atoms with Crippen LogP contribution in [0.4, 0.5) is 0 Å². The second kappa shape index (κ2) is 1.94. The van der Waals surface area contributed by atoms with Gasteiger partial charge in [-0.25, -0.2) is 0 Å². The molecule has 0 aromatic carbocycles. The third-order valence-electron chi connectivity index (χ3n) is 2.44. The van der Waals surface area contributed by atoms with Crippen LogP contribution in [-0.4, -0.2) is 18.7 Å². The van der Waals surface area contributed by atoms with Gasteiger partial charge in [0.15, 0.2) is 5.78 Å². The fourth-order valence-corrected chi connectivity index (χ4v) is 1.76. The Morgan fingerprint density at radius 2 is 2.36 bits per heavy atom. The van der Waals surface area contributed by atoms with Crippen LogP contribution in [0, 0.1) is 17.8 Å². The maximum atomic E-state index is 11.0. The van der Waals surface area contributed by atoms with E-state index in [9.17, 15) is 9.59 Å². The molecule has 0 heterocycles. The maximum absolute atomic E-state index is 11.0. The molecule has 1 saturated carbocycles. The highest BCUT2D eigenvalue weighted by atomic mass is 16.2. The Morgan fingerprint density at radius 1 is 1.64 bits per heavy atom. The molecule has 58 valence electrons. The molecule has 3 atom stereocenters. The van der Waals surface area contributed by atoms with E-state index in [0.717, 1.165) is 0 Å². The number of hydrogen-bond acceptors (Lipinski definition) is 2. The third-order valence-corrected chi connectivity index (χ3v) is 2.44. The lowest BCUT2D eigenvalue weighted by atomic mass is 10.2. The zero-order chi connectivity index (χ0) is 8.01. The number of nitrogens with one attached hydrogen (secondary N) is 1. The number of fused-ring (bicyclic) bond motifs is 1. The first-order valence-electron chi connectivity index (χ1n) is 3.69. The van der Waals surface area contributed by atoms with Gasteiger partial charge in [0.2, 0.25) is 5.91 Å². The number of amides is 1. The van der Waals surface area contributed by atoms with E-state index in [1.165, 1.54) is 0 Å². The smallest absolute Gasteiger partial charge is 0.224 e. The highest BCUT2D eigenvalue weighted by molar-refractivity contribution is 6.03. The molecule has 0 aromatic rings. The van der Waals surface area contributed by atoms with Crippen molar-refractivity contribution in [3.8, 4) is 0 Å². The molecule has 3 nitrogen and oxygen atoms in total. The van der Waals surface area contributed by atoms with Gasteiger partial charge in [-0.3, -0.25) is 9.59 Å². The summed E-state index contributed by atoms with van der Waals surface area (Å²) in [6, 6.07) is 0. The van der Waals surface area contributed by atoms with Crippen LogP contribution in [-0.2, 0) is 9.59 Å². The number of hydrogen-bond donors (Lipinski definition) is 1. The largest absolute Gasteiger partial charge is 0.359 e. The Bertz CT molecular complexity index is 257. The first-order valence-corrected chi connectivity index (χ1v) is 3.69. The predicted molar refractivity (Wildman–Crippen MR) is 38.7 cm³/mol. The van der Waals surface area contributed by atoms with Gasteiger partial charge < -0.3 is 5.32 Å². The minimum absolute atomic E-state index is 0.00213. The average molecular weight is 151 g/mol. The zero-order valence-corrected chi connectivity index (χ0v) is 6.20. The second-order valence-corrected chi connectivity index (χ2v) is 3.00. The topological polar surface area (TPSA) is 46.2 Å². The SMILES string of the molecule is CNC(=O)C1C2C=CC(=O)C21. The molecule has 3 unspecified atom stereocenters.